The number of aryl methyl sites for hydroxylation is 1. The highest BCUT2D eigenvalue weighted by Gasteiger charge is 2.28. The van der Waals surface area contributed by atoms with Crippen LogP contribution in [0.1, 0.15) is 58.1 Å². The Bertz CT molecular complexity index is 511. The number of carbonyl (C=O) groups excluding carboxylic acids is 2. The van der Waals surface area contributed by atoms with E-state index in [1.165, 1.54) is 5.56 Å². The Morgan fingerprint density at radius 2 is 1.70 bits per heavy atom. The van der Waals surface area contributed by atoms with Gasteiger partial charge in [-0.15, -0.1) is 0 Å². The van der Waals surface area contributed by atoms with Gasteiger partial charge < -0.3 is 10.2 Å². The lowest BCUT2D eigenvalue weighted by molar-refractivity contribution is -0.141. The molecule has 0 aliphatic heterocycles. The number of hydrogen-bond acceptors (Lipinski definition) is 2. The summed E-state index contributed by atoms with van der Waals surface area (Å²) in [5.41, 5.74) is 2.23. The zero-order valence-corrected chi connectivity index (χ0v) is 15.1. The van der Waals surface area contributed by atoms with Crippen molar-refractivity contribution in [1.29, 1.82) is 0 Å². The van der Waals surface area contributed by atoms with Gasteiger partial charge in [0.2, 0.25) is 11.8 Å². The van der Waals surface area contributed by atoms with Gasteiger partial charge in [-0.3, -0.25) is 9.59 Å². The molecule has 2 amide bonds. The van der Waals surface area contributed by atoms with Crippen molar-refractivity contribution in [2.24, 2.45) is 0 Å². The number of carbonyl (C=O) groups is 2. The monoisotopic (exact) mass is 318 g/mol. The zero-order chi connectivity index (χ0) is 17.4. The molecule has 0 fully saturated rings. The third-order valence-electron chi connectivity index (χ3n) is 4.16. The minimum Gasteiger partial charge on any atom is -0.352 e. The fourth-order valence-electron chi connectivity index (χ4n) is 2.45. The molecule has 0 unspecified atom stereocenters. The Labute approximate surface area is 140 Å². The van der Waals surface area contributed by atoms with Gasteiger partial charge in [-0.1, -0.05) is 50.6 Å². The van der Waals surface area contributed by atoms with Crippen molar-refractivity contribution in [3.63, 3.8) is 0 Å². The first kappa shape index (κ1) is 19.2. The van der Waals surface area contributed by atoms with E-state index in [4.69, 9.17) is 0 Å². The number of nitrogens with one attached hydrogen (secondary N) is 1. The molecule has 1 aromatic rings. The summed E-state index contributed by atoms with van der Waals surface area (Å²) in [6, 6.07) is 7.80. The molecule has 1 rings (SSSR count). The lowest BCUT2D eigenvalue weighted by atomic mass is 10.1. The zero-order valence-electron chi connectivity index (χ0n) is 15.1. The van der Waals surface area contributed by atoms with Crippen molar-refractivity contribution in [3.05, 3.63) is 35.4 Å². The Morgan fingerprint density at radius 3 is 2.17 bits per heavy atom. The molecule has 1 N–H and O–H groups in total. The normalized spacial score (nSPS) is 13.3. The minimum absolute atomic E-state index is 0.0109. The van der Waals surface area contributed by atoms with E-state index in [2.05, 4.69) is 5.32 Å². The lowest BCUT2D eigenvalue weighted by Gasteiger charge is -2.31. The smallest absolute Gasteiger partial charge is 0.243 e. The summed E-state index contributed by atoms with van der Waals surface area (Å²) < 4.78 is 0. The third-order valence-corrected chi connectivity index (χ3v) is 4.16. The summed E-state index contributed by atoms with van der Waals surface area (Å²) in [6.45, 7) is 10.3. The van der Waals surface area contributed by atoms with Crippen LogP contribution in [0.25, 0.3) is 0 Å². The van der Waals surface area contributed by atoms with Crippen molar-refractivity contribution in [1.82, 2.24) is 10.2 Å². The topological polar surface area (TPSA) is 49.4 Å². The van der Waals surface area contributed by atoms with Crippen molar-refractivity contribution >= 4 is 11.8 Å². The average molecular weight is 318 g/mol. The van der Waals surface area contributed by atoms with Crippen LogP contribution in [-0.4, -0.2) is 28.8 Å². The quantitative estimate of drug-likeness (QED) is 0.798. The van der Waals surface area contributed by atoms with Crippen molar-refractivity contribution < 1.29 is 9.59 Å². The number of amides is 2. The van der Waals surface area contributed by atoms with Crippen molar-refractivity contribution in [2.45, 2.75) is 72.5 Å². The van der Waals surface area contributed by atoms with E-state index >= 15 is 0 Å². The molecule has 0 radical (unpaired) electrons. The predicted octanol–water partition coefficient (Wildman–Crippen LogP) is 3.43. The third kappa shape index (κ3) is 5.70. The molecular weight excluding hydrogens is 288 g/mol. The Hall–Kier alpha value is -1.84. The molecule has 0 saturated carbocycles. The van der Waals surface area contributed by atoms with Gasteiger partial charge in [0.15, 0.2) is 0 Å². The SMILES string of the molecule is CCC(=O)N(Cc1ccc(C)cc1)[C@@H](CC)C(=O)N[C@@H](C)CC. The summed E-state index contributed by atoms with van der Waals surface area (Å²) >= 11 is 0. The van der Waals surface area contributed by atoms with Gasteiger partial charge >= 0.3 is 0 Å². The van der Waals surface area contributed by atoms with Crippen LogP contribution in [-0.2, 0) is 16.1 Å². The van der Waals surface area contributed by atoms with Gasteiger partial charge in [-0.2, -0.15) is 0 Å². The molecule has 0 aliphatic carbocycles. The van der Waals surface area contributed by atoms with Crippen LogP contribution >= 0.6 is 0 Å². The highest BCUT2D eigenvalue weighted by molar-refractivity contribution is 5.87. The largest absolute Gasteiger partial charge is 0.352 e. The Kier molecular flexibility index (Phi) is 7.79. The Balaban J connectivity index is 2.95. The van der Waals surface area contributed by atoms with Gasteiger partial charge in [0.1, 0.15) is 6.04 Å². The average Bonchev–Trinajstić information content (AvgIpc) is 2.55. The lowest BCUT2D eigenvalue weighted by Crippen LogP contribution is -2.50. The van der Waals surface area contributed by atoms with Gasteiger partial charge in [-0.25, -0.2) is 0 Å². The molecule has 128 valence electrons. The van der Waals surface area contributed by atoms with Crippen LogP contribution in [0.4, 0.5) is 0 Å². The first-order chi connectivity index (χ1) is 10.9. The first-order valence-electron chi connectivity index (χ1n) is 8.58. The van der Waals surface area contributed by atoms with Crippen molar-refractivity contribution in [2.75, 3.05) is 0 Å². The van der Waals surface area contributed by atoms with Crippen LogP contribution in [0.3, 0.4) is 0 Å². The Morgan fingerprint density at radius 1 is 1.09 bits per heavy atom. The standard InChI is InChI=1S/C19H30N2O2/c1-6-15(5)20-19(23)17(7-2)21(18(22)8-3)13-16-11-9-14(4)10-12-16/h9-12,15,17H,6-8,13H2,1-5H3,(H,20,23)/t15-,17-/m0/s1. The maximum atomic E-state index is 12.5. The summed E-state index contributed by atoms with van der Waals surface area (Å²) in [6.07, 6.45) is 1.89. The minimum atomic E-state index is -0.419. The number of nitrogens with zero attached hydrogens (tertiary/aromatic N) is 1. The second-order valence-electron chi connectivity index (χ2n) is 6.10. The number of rotatable bonds is 8. The maximum Gasteiger partial charge on any atom is 0.243 e. The van der Waals surface area contributed by atoms with E-state index in [9.17, 15) is 9.59 Å². The summed E-state index contributed by atoms with van der Waals surface area (Å²) in [7, 11) is 0. The maximum absolute atomic E-state index is 12.5. The highest BCUT2D eigenvalue weighted by atomic mass is 16.2. The number of hydrogen-bond donors (Lipinski definition) is 1. The van der Waals surface area contributed by atoms with E-state index in [0.29, 0.717) is 19.4 Å². The molecule has 0 bridgehead atoms. The van der Waals surface area contributed by atoms with E-state index in [1.807, 2.05) is 58.9 Å². The van der Waals surface area contributed by atoms with Crippen LogP contribution in [0.5, 0.6) is 0 Å². The first-order valence-corrected chi connectivity index (χ1v) is 8.58. The number of benzene rings is 1. The molecule has 0 spiro atoms. The van der Waals surface area contributed by atoms with E-state index < -0.39 is 6.04 Å². The van der Waals surface area contributed by atoms with Gasteiger partial charge in [0, 0.05) is 19.0 Å². The van der Waals surface area contributed by atoms with Gasteiger partial charge in [-0.05, 0) is 32.3 Å². The summed E-state index contributed by atoms with van der Waals surface area (Å²) in [5, 5.41) is 3.00. The van der Waals surface area contributed by atoms with Gasteiger partial charge in [0.25, 0.3) is 0 Å². The molecule has 0 aromatic heterocycles. The van der Waals surface area contributed by atoms with Crippen LogP contribution in [0, 0.1) is 6.92 Å². The predicted molar refractivity (Wildman–Crippen MR) is 94.0 cm³/mol. The molecule has 2 atom stereocenters. The highest BCUT2D eigenvalue weighted by Crippen LogP contribution is 2.14. The molecular formula is C19H30N2O2. The fourth-order valence-corrected chi connectivity index (χ4v) is 2.45. The summed E-state index contributed by atoms with van der Waals surface area (Å²) in [4.78, 5) is 26.6. The van der Waals surface area contributed by atoms with Crippen LogP contribution < -0.4 is 5.32 Å². The van der Waals surface area contributed by atoms with Gasteiger partial charge in [0.05, 0.1) is 0 Å². The van der Waals surface area contributed by atoms with E-state index in [1.54, 1.807) is 4.90 Å². The second kappa shape index (κ2) is 9.33. The molecule has 0 saturated heterocycles. The van der Waals surface area contributed by atoms with Crippen LogP contribution in [0.2, 0.25) is 0 Å². The van der Waals surface area contributed by atoms with Crippen LogP contribution in [0.15, 0.2) is 24.3 Å². The molecule has 4 heteroatoms. The molecule has 0 aliphatic rings. The van der Waals surface area contributed by atoms with E-state index in [-0.39, 0.29) is 17.9 Å². The van der Waals surface area contributed by atoms with Crippen molar-refractivity contribution in [3.8, 4) is 0 Å². The second-order valence-corrected chi connectivity index (χ2v) is 6.10. The fraction of sp³-hybridized carbons (Fsp3) is 0.579. The molecule has 0 heterocycles. The summed E-state index contributed by atoms with van der Waals surface area (Å²) in [5.74, 6) is -0.0486. The molecule has 4 nitrogen and oxygen atoms in total. The van der Waals surface area contributed by atoms with E-state index in [0.717, 1.165) is 12.0 Å². The molecule has 1 aromatic carbocycles. The molecule has 23 heavy (non-hydrogen) atoms.